The van der Waals surface area contributed by atoms with Gasteiger partial charge in [0, 0.05) is 35.0 Å². The summed E-state index contributed by atoms with van der Waals surface area (Å²) in [5.74, 6) is 0.615. The van der Waals surface area contributed by atoms with Gasteiger partial charge < -0.3 is 4.18 Å². The number of hydrogen-bond acceptors (Lipinski definition) is 7. The lowest BCUT2D eigenvalue weighted by Crippen LogP contribution is -2.00. The first kappa shape index (κ1) is 25.9. The van der Waals surface area contributed by atoms with Gasteiger partial charge in [-0.1, -0.05) is 66.8 Å². The number of hydrogen-bond donors (Lipinski definition) is 1. The van der Waals surface area contributed by atoms with Crippen molar-refractivity contribution in [3.05, 3.63) is 114 Å². The van der Waals surface area contributed by atoms with Crippen molar-refractivity contribution in [3.63, 3.8) is 0 Å². The summed E-state index contributed by atoms with van der Waals surface area (Å²) >= 11 is 5.78. The van der Waals surface area contributed by atoms with Gasteiger partial charge in [0.1, 0.15) is 17.1 Å². The molecule has 0 aliphatic heterocycles. The Hall–Kier alpha value is -4.34. The summed E-state index contributed by atoms with van der Waals surface area (Å²) in [6.45, 7) is 0. The van der Waals surface area contributed by atoms with Crippen LogP contribution in [-0.4, -0.2) is 36.2 Å². The standard InChI is InChI=1S/C31H26N6OS2/c1-40-31-19-27(37-33-21-29(35-37)23-10-6-3-7-11-23)17-15-25(31)13-12-24-14-16-26(18-30(24)38-39)36-32-20-28(34-36)22-8-4-2-5-9-22/h3-4,6-21,39H,2,5H2,1H3/b13-12+. The molecule has 9 heteroatoms. The van der Waals surface area contributed by atoms with Crippen LogP contribution in [0.3, 0.4) is 0 Å². The molecule has 5 aromatic rings. The van der Waals surface area contributed by atoms with Crippen molar-refractivity contribution in [1.82, 2.24) is 30.0 Å². The minimum Gasteiger partial charge on any atom is -0.428 e. The van der Waals surface area contributed by atoms with Crippen LogP contribution in [0.2, 0.25) is 0 Å². The second-order valence-electron chi connectivity index (χ2n) is 9.12. The minimum atomic E-state index is 0.615. The molecular weight excluding hydrogens is 537 g/mol. The minimum absolute atomic E-state index is 0.615. The molecule has 3 aromatic carbocycles. The van der Waals surface area contributed by atoms with E-state index in [1.165, 1.54) is 0 Å². The van der Waals surface area contributed by atoms with Crippen LogP contribution < -0.4 is 4.18 Å². The molecule has 40 heavy (non-hydrogen) atoms. The summed E-state index contributed by atoms with van der Waals surface area (Å²) in [6.07, 6.45) is 18.2. The molecule has 0 unspecified atom stereocenters. The predicted molar refractivity (Wildman–Crippen MR) is 165 cm³/mol. The maximum absolute atomic E-state index is 5.42. The van der Waals surface area contributed by atoms with E-state index in [4.69, 9.17) is 4.18 Å². The Bertz CT molecular complexity index is 1740. The fourth-order valence-electron chi connectivity index (χ4n) is 4.46. The van der Waals surface area contributed by atoms with Crippen LogP contribution >= 0.6 is 24.7 Å². The smallest absolute Gasteiger partial charge is 0.146 e. The van der Waals surface area contributed by atoms with E-state index in [1.807, 2.05) is 60.7 Å². The van der Waals surface area contributed by atoms with Gasteiger partial charge in [0.15, 0.2) is 0 Å². The lowest BCUT2D eigenvalue weighted by atomic mass is 10.1. The molecular formula is C31H26N6OS2. The molecule has 0 N–H and O–H groups in total. The average molecular weight is 563 g/mol. The second kappa shape index (κ2) is 11.8. The molecule has 0 atom stereocenters. The van der Waals surface area contributed by atoms with Gasteiger partial charge in [-0.05, 0) is 54.5 Å². The first-order chi connectivity index (χ1) is 19.7. The van der Waals surface area contributed by atoms with Crippen LogP contribution in [0.4, 0.5) is 0 Å². The molecule has 7 nitrogen and oxygen atoms in total. The largest absolute Gasteiger partial charge is 0.428 e. The zero-order valence-corrected chi connectivity index (χ0v) is 23.5. The van der Waals surface area contributed by atoms with Gasteiger partial charge in [0.2, 0.25) is 0 Å². The third-order valence-corrected chi connectivity index (χ3v) is 7.55. The molecule has 0 amide bonds. The van der Waals surface area contributed by atoms with E-state index in [-0.39, 0.29) is 0 Å². The summed E-state index contributed by atoms with van der Waals surface area (Å²) in [7, 11) is 0. The normalized spacial score (nSPS) is 13.1. The third-order valence-electron chi connectivity index (χ3n) is 6.56. The van der Waals surface area contributed by atoms with Gasteiger partial charge in [-0.15, -0.1) is 22.0 Å². The summed E-state index contributed by atoms with van der Waals surface area (Å²) < 4.78 is 5.42. The summed E-state index contributed by atoms with van der Waals surface area (Å²) in [5.41, 5.74) is 7.48. The Labute approximate surface area is 242 Å². The van der Waals surface area contributed by atoms with Crippen molar-refractivity contribution in [1.29, 1.82) is 0 Å². The zero-order valence-electron chi connectivity index (χ0n) is 21.8. The average Bonchev–Trinajstić information content (AvgIpc) is 3.72. The first-order valence-electron chi connectivity index (χ1n) is 12.8. The Kier molecular flexibility index (Phi) is 7.65. The van der Waals surface area contributed by atoms with E-state index in [0.29, 0.717) is 5.75 Å². The molecule has 2 aromatic heterocycles. The molecule has 0 radical (unpaired) electrons. The second-order valence-corrected chi connectivity index (χ2v) is 10.1. The Morgan fingerprint density at radius 1 is 0.825 bits per heavy atom. The number of aromatic nitrogens is 6. The highest BCUT2D eigenvalue weighted by Gasteiger charge is 2.11. The molecule has 1 aliphatic rings. The molecule has 0 spiro atoms. The van der Waals surface area contributed by atoms with Gasteiger partial charge in [-0.2, -0.15) is 19.8 Å². The molecule has 0 bridgehead atoms. The quantitative estimate of drug-likeness (QED) is 0.0922. The summed E-state index contributed by atoms with van der Waals surface area (Å²) in [5, 5.41) is 18.3. The van der Waals surface area contributed by atoms with Crippen LogP contribution in [-0.2, 0) is 0 Å². The number of nitrogens with zero attached hydrogens (tertiary/aromatic N) is 6. The van der Waals surface area contributed by atoms with Gasteiger partial charge in [-0.3, -0.25) is 0 Å². The zero-order chi connectivity index (χ0) is 27.3. The lowest BCUT2D eigenvalue weighted by Gasteiger charge is -2.08. The van der Waals surface area contributed by atoms with Crippen molar-refractivity contribution in [2.75, 3.05) is 6.26 Å². The molecule has 0 fully saturated rings. The maximum atomic E-state index is 5.42. The topological polar surface area (TPSA) is 70.7 Å². The SMILES string of the molecule is CSc1cc(-n2ncc(-c3ccccc3)n2)ccc1/C=C/c1ccc(-n2ncc(C3=CCCC=C3)n2)cc1OS. The van der Waals surface area contributed by atoms with E-state index >= 15 is 0 Å². The highest BCUT2D eigenvalue weighted by Crippen LogP contribution is 2.29. The van der Waals surface area contributed by atoms with Crippen molar-refractivity contribution >= 4 is 42.4 Å². The van der Waals surface area contributed by atoms with E-state index in [0.717, 1.165) is 62.8 Å². The number of benzene rings is 3. The molecule has 2 heterocycles. The van der Waals surface area contributed by atoms with Crippen LogP contribution in [0.15, 0.2) is 102 Å². The van der Waals surface area contributed by atoms with Crippen molar-refractivity contribution in [2.24, 2.45) is 0 Å². The van der Waals surface area contributed by atoms with Crippen LogP contribution in [0.25, 0.3) is 40.4 Å². The summed E-state index contributed by atoms with van der Waals surface area (Å²) in [4.78, 5) is 4.38. The lowest BCUT2D eigenvalue weighted by molar-refractivity contribution is 0.652. The van der Waals surface area contributed by atoms with Gasteiger partial charge in [-0.25, -0.2) is 0 Å². The monoisotopic (exact) mass is 562 g/mol. The number of thioether (sulfide) groups is 1. The van der Waals surface area contributed by atoms with Crippen LogP contribution in [0.1, 0.15) is 29.7 Å². The van der Waals surface area contributed by atoms with Crippen molar-refractivity contribution in [3.8, 4) is 28.4 Å². The van der Waals surface area contributed by atoms with E-state index in [1.54, 1.807) is 33.7 Å². The molecule has 198 valence electrons. The number of thiol groups is 1. The molecule has 0 saturated carbocycles. The van der Waals surface area contributed by atoms with Crippen molar-refractivity contribution in [2.45, 2.75) is 17.7 Å². The Morgan fingerprint density at radius 3 is 2.25 bits per heavy atom. The van der Waals surface area contributed by atoms with Gasteiger partial charge >= 0.3 is 0 Å². The fourth-order valence-corrected chi connectivity index (χ4v) is 5.23. The number of rotatable bonds is 8. The van der Waals surface area contributed by atoms with Crippen molar-refractivity contribution < 1.29 is 4.18 Å². The van der Waals surface area contributed by atoms with Gasteiger partial charge in [0.25, 0.3) is 0 Å². The predicted octanol–water partition coefficient (Wildman–Crippen LogP) is 7.36. The Balaban J connectivity index is 1.22. The molecule has 1 aliphatic carbocycles. The highest BCUT2D eigenvalue weighted by molar-refractivity contribution is 7.98. The van der Waals surface area contributed by atoms with Crippen LogP contribution in [0, 0.1) is 0 Å². The molecule has 6 rings (SSSR count). The summed E-state index contributed by atoms with van der Waals surface area (Å²) in [6, 6.07) is 22.1. The van der Waals surface area contributed by atoms with E-state index < -0.39 is 0 Å². The number of allylic oxidation sites excluding steroid dienone is 4. The van der Waals surface area contributed by atoms with Crippen LogP contribution in [0.5, 0.6) is 5.75 Å². The molecule has 0 saturated heterocycles. The van der Waals surface area contributed by atoms with Gasteiger partial charge in [0.05, 0.1) is 23.8 Å². The third kappa shape index (κ3) is 5.52. The fraction of sp³-hybridized carbons (Fsp3) is 0.0968. The highest BCUT2D eigenvalue weighted by atomic mass is 32.2. The van der Waals surface area contributed by atoms with E-state index in [2.05, 4.69) is 76.0 Å². The maximum Gasteiger partial charge on any atom is 0.146 e. The Morgan fingerprint density at radius 2 is 1.52 bits per heavy atom. The van der Waals surface area contributed by atoms with E-state index in [9.17, 15) is 0 Å². The first-order valence-corrected chi connectivity index (χ1v) is 14.4.